The first kappa shape index (κ1) is 15.9. The van der Waals surface area contributed by atoms with E-state index in [0.29, 0.717) is 41.2 Å². The van der Waals surface area contributed by atoms with Gasteiger partial charge < -0.3 is 14.5 Å². The second-order valence-electron chi connectivity index (χ2n) is 5.69. The monoisotopic (exact) mass is 332 g/mol. The van der Waals surface area contributed by atoms with Crippen molar-refractivity contribution in [2.75, 3.05) is 6.61 Å². The molecule has 0 fully saturated rings. The molecule has 0 spiro atoms. The molecule has 0 amide bonds. The number of aromatic amines is 1. The zero-order valence-electron chi connectivity index (χ0n) is 13.2. The number of carbonyl (C=O) groups excluding carboxylic acids is 1. The first-order valence-corrected chi connectivity index (χ1v) is 7.89. The molecule has 1 atom stereocenters. The highest BCUT2D eigenvalue weighted by molar-refractivity contribution is 6.35. The molecule has 0 saturated heterocycles. The van der Waals surface area contributed by atoms with Crippen LogP contribution in [0.3, 0.4) is 0 Å². The van der Waals surface area contributed by atoms with E-state index in [1.54, 1.807) is 6.07 Å². The van der Waals surface area contributed by atoms with Crippen LogP contribution in [0.5, 0.6) is 0 Å². The van der Waals surface area contributed by atoms with E-state index in [1.807, 2.05) is 13.8 Å². The summed E-state index contributed by atoms with van der Waals surface area (Å²) in [7, 11) is 0. The van der Waals surface area contributed by atoms with Crippen LogP contribution in [0.2, 0.25) is 5.02 Å². The number of ether oxygens (including phenoxy) is 2. The molecule has 0 radical (unpaired) electrons. The number of hydrogen-bond acceptors (Lipinski definition) is 4. The molecule has 1 aromatic heterocycles. The SMILES string of the molecule is CCC1(OC(C)=O)OCCc2c1[nH]c1c(Cl)cc(C)c(C#N)c21. The van der Waals surface area contributed by atoms with Crippen molar-refractivity contribution in [3.8, 4) is 6.07 Å². The van der Waals surface area contributed by atoms with Gasteiger partial charge in [-0.2, -0.15) is 5.26 Å². The average Bonchev–Trinajstić information content (AvgIpc) is 2.89. The lowest BCUT2D eigenvalue weighted by atomic mass is 9.94. The number of nitrogens with zero attached hydrogens (tertiary/aromatic N) is 1. The molecular weight excluding hydrogens is 316 g/mol. The Balaban J connectivity index is 2.37. The van der Waals surface area contributed by atoms with Crippen LogP contribution in [-0.4, -0.2) is 17.6 Å². The van der Waals surface area contributed by atoms with Crippen molar-refractivity contribution < 1.29 is 14.3 Å². The van der Waals surface area contributed by atoms with Gasteiger partial charge in [0.1, 0.15) is 6.07 Å². The summed E-state index contributed by atoms with van der Waals surface area (Å²) in [6.07, 6.45) is 1.09. The van der Waals surface area contributed by atoms with Gasteiger partial charge in [0.25, 0.3) is 5.79 Å². The smallest absolute Gasteiger partial charge is 0.305 e. The summed E-state index contributed by atoms with van der Waals surface area (Å²) in [5, 5.41) is 10.9. The van der Waals surface area contributed by atoms with E-state index < -0.39 is 11.8 Å². The Morgan fingerprint density at radius 3 is 2.96 bits per heavy atom. The molecule has 1 unspecified atom stereocenters. The van der Waals surface area contributed by atoms with Crippen LogP contribution in [0.15, 0.2) is 6.07 Å². The van der Waals surface area contributed by atoms with E-state index in [1.165, 1.54) is 6.92 Å². The summed E-state index contributed by atoms with van der Waals surface area (Å²) >= 11 is 6.36. The van der Waals surface area contributed by atoms with Gasteiger partial charge in [0.05, 0.1) is 28.4 Å². The van der Waals surface area contributed by atoms with Gasteiger partial charge in [0.15, 0.2) is 0 Å². The van der Waals surface area contributed by atoms with Crippen LogP contribution >= 0.6 is 11.6 Å². The fourth-order valence-corrected chi connectivity index (χ4v) is 3.60. The third-order valence-electron chi connectivity index (χ3n) is 4.28. The molecule has 5 nitrogen and oxygen atoms in total. The lowest BCUT2D eigenvalue weighted by Gasteiger charge is -2.35. The van der Waals surface area contributed by atoms with Gasteiger partial charge in [-0.05, 0) is 30.5 Å². The van der Waals surface area contributed by atoms with Gasteiger partial charge in [-0.25, -0.2) is 0 Å². The first-order chi connectivity index (χ1) is 10.9. The topological polar surface area (TPSA) is 75.1 Å². The van der Waals surface area contributed by atoms with Crippen molar-refractivity contribution in [2.24, 2.45) is 0 Å². The van der Waals surface area contributed by atoms with E-state index in [9.17, 15) is 10.1 Å². The highest BCUT2D eigenvalue weighted by atomic mass is 35.5. The molecule has 1 N–H and O–H groups in total. The van der Waals surface area contributed by atoms with Crippen LogP contribution in [0, 0.1) is 18.3 Å². The van der Waals surface area contributed by atoms with Crippen molar-refractivity contribution >= 4 is 28.5 Å². The third-order valence-corrected chi connectivity index (χ3v) is 4.58. The minimum Gasteiger partial charge on any atom is -0.427 e. The summed E-state index contributed by atoms with van der Waals surface area (Å²) in [6, 6.07) is 4.03. The molecule has 1 aromatic carbocycles. The lowest BCUT2D eigenvalue weighted by Crippen LogP contribution is -2.39. The number of aryl methyl sites for hydroxylation is 1. The average molecular weight is 333 g/mol. The Kier molecular flexibility index (Phi) is 3.83. The molecule has 2 heterocycles. The third kappa shape index (κ3) is 2.30. The van der Waals surface area contributed by atoms with Crippen LogP contribution in [0.25, 0.3) is 10.9 Å². The number of hydrogen-bond donors (Lipinski definition) is 1. The zero-order valence-corrected chi connectivity index (χ0v) is 14.0. The van der Waals surface area contributed by atoms with Gasteiger partial charge in [-0.1, -0.05) is 18.5 Å². The van der Waals surface area contributed by atoms with E-state index in [2.05, 4.69) is 11.1 Å². The number of carbonyl (C=O) groups is 1. The van der Waals surface area contributed by atoms with Gasteiger partial charge in [0.2, 0.25) is 0 Å². The largest absolute Gasteiger partial charge is 0.427 e. The molecule has 0 bridgehead atoms. The number of nitrogens with one attached hydrogen (secondary N) is 1. The van der Waals surface area contributed by atoms with Crippen LogP contribution in [-0.2, 0) is 26.5 Å². The number of halogens is 1. The zero-order chi connectivity index (χ0) is 16.8. The van der Waals surface area contributed by atoms with Gasteiger partial charge in [0, 0.05) is 18.7 Å². The number of nitriles is 1. The maximum Gasteiger partial charge on any atom is 0.305 e. The maximum atomic E-state index is 11.6. The normalized spacial score (nSPS) is 20.1. The molecular formula is C17H17ClN2O3. The van der Waals surface area contributed by atoms with Crippen LogP contribution in [0.4, 0.5) is 0 Å². The van der Waals surface area contributed by atoms with E-state index in [-0.39, 0.29) is 0 Å². The summed E-state index contributed by atoms with van der Waals surface area (Å²) < 4.78 is 11.3. The summed E-state index contributed by atoms with van der Waals surface area (Å²) in [5.41, 5.74) is 3.73. The van der Waals surface area contributed by atoms with Gasteiger partial charge in [-0.3, -0.25) is 4.79 Å². The standard InChI is InChI=1S/C17H17ClN2O3/c1-4-17(23-10(3)21)16-11(5-6-22-17)14-12(8-19)9(2)7-13(18)15(14)20-16/h7,20H,4-6H2,1-3H3. The molecule has 23 heavy (non-hydrogen) atoms. The molecule has 1 aliphatic heterocycles. The van der Waals surface area contributed by atoms with Crippen molar-refractivity contribution in [1.29, 1.82) is 5.26 Å². The first-order valence-electron chi connectivity index (χ1n) is 7.51. The molecule has 3 rings (SSSR count). The number of H-pyrrole nitrogens is 1. The van der Waals surface area contributed by atoms with Crippen LogP contribution < -0.4 is 0 Å². The van der Waals surface area contributed by atoms with Crippen molar-refractivity contribution in [3.05, 3.63) is 33.5 Å². The summed E-state index contributed by atoms with van der Waals surface area (Å²) in [4.78, 5) is 14.8. The highest BCUT2D eigenvalue weighted by Crippen LogP contribution is 2.43. The second kappa shape index (κ2) is 5.55. The fraction of sp³-hybridized carbons (Fsp3) is 0.412. The molecule has 0 aliphatic carbocycles. The van der Waals surface area contributed by atoms with E-state index >= 15 is 0 Å². The molecule has 1 aliphatic rings. The second-order valence-corrected chi connectivity index (χ2v) is 6.10. The minimum atomic E-state index is -1.15. The summed E-state index contributed by atoms with van der Waals surface area (Å²) in [6.45, 7) is 5.52. The Morgan fingerprint density at radius 2 is 2.35 bits per heavy atom. The van der Waals surface area contributed by atoms with Crippen LogP contribution in [0.1, 0.15) is 42.7 Å². The number of rotatable bonds is 2. The fourth-order valence-electron chi connectivity index (χ4n) is 3.30. The lowest BCUT2D eigenvalue weighted by molar-refractivity contribution is -0.245. The highest BCUT2D eigenvalue weighted by Gasteiger charge is 2.42. The number of esters is 1. The molecule has 0 saturated carbocycles. The van der Waals surface area contributed by atoms with E-state index in [4.69, 9.17) is 21.1 Å². The molecule has 6 heteroatoms. The molecule has 2 aromatic rings. The Hall–Kier alpha value is -2.03. The van der Waals surface area contributed by atoms with Gasteiger partial charge in [-0.15, -0.1) is 0 Å². The Labute approximate surface area is 139 Å². The van der Waals surface area contributed by atoms with Crippen molar-refractivity contribution in [1.82, 2.24) is 4.98 Å². The van der Waals surface area contributed by atoms with Crippen molar-refractivity contribution in [2.45, 2.75) is 39.4 Å². The van der Waals surface area contributed by atoms with Crippen molar-refractivity contribution in [3.63, 3.8) is 0 Å². The minimum absolute atomic E-state index is 0.414. The predicted molar refractivity (Wildman–Crippen MR) is 86.2 cm³/mol. The maximum absolute atomic E-state index is 11.6. The molecule has 120 valence electrons. The quantitative estimate of drug-likeness (QED) is 0.851. The predicted octanol–water partition coefficient (Wildman–Crippen LogP) is 3.70. The van der Waals surface area contributed by atoms with Gasteiger partial charge >= 0.3 is 5.97 Å². The van der Waals surface area contributed by atoms with E-state index in [0.717, 1.165) is 16.5 Å². The Morgan fingerprint density at radius 1 is 1.61 bits per heavy atom. The number of aromatic nitrogens is 1. The number of benzene rings is 1. The summed E-state index contributed by atoms with van der Waals surface area (Å²) in [5.74, 6) is -1.57. The Bertz CT molecular complexity index is 850. The number of fused-ring (bicyclic) bond motifs is 3.